The summed E-state index contributed by atoms with van der Waals surface area (Å²) in [6, 6.07) is 1.62. The summed E-state index contributed by atoms with van der Waals surface area (Å²) >= 11 is 0. The van der Waals surface area contributed by atoms with Crippen LogP contribution in [0.15, 0.2) is 24.7 Å². The zero-order chi connectivity index (χ0) is 13.1. The molecule has 0 spiro atoms. The normalized spacial score (nSPS) is 10.6. The number of carboxylic acids is 1. The Morgan fingerprint density at radius 2 is 2.17 bits per heavy atom. The lowest BCUT2D eigenvalue weighted by Crippen LogP contribution is -2.01. The Morgan fingerprint density at radius 1 is 1.39 bits per heavy atom. The van der Waals surface area contributed by atoms with E-state index in [-0.39, 0.29) is 5.56 Å². The van der Waals surface area contributed by atoms with Crippen LogP contribution in [0.3, 0.4) is 0 Å². The first-order valence-electron chi connectivity index (χ1n) is 5.84. The highest BCUT2D eigenvalue weighted by Crippen LogP contribution is 2.23. The molecular formula is C13H15N3O2. The van der Waals surface area contributed by atoms with Crippen molar-refractivity contribution in [1.29, 1.82) is 0 Å². The molecule has 5 heteroatoms. The van der Waals surface area contributed by atoms with Gasteiger partial charge < -0.3 is 5.11 Å². The predicted molar refractivity (Wildman–Crippen MR) is 67.4 cm³/mol. The van der Waals surface area contributed by atoms with E-state index in [2.05, 4.69) is 17.0 Å². The second kappa shape index (κ2) is 5.00. The molecule has 18 heavy (non-hydrogen) atoms. The summed E-state index contributed by atoms with van der Waals surface area (Å²) < 4.78 is 1.92. The molecule has 0 saturated carbocycles. The van der Waals surface area contributed by atoms with Gasteiger partial charge in [0.2, 0.25) is 0 Å². The second-order valence-electron chi connectivity index (χ2n) is 4.13. The molecule has 0 saturated heterocycles. The minimum atomic E-state index is -0.969. The van der Waals surface area contributed by atoms with Gasteiger partial charge >= 0.3 is 5.97 Å². The molecule has 2 rings (SSSR count). The lowest BCUT2D eigenvalue weighted by atomic mass is 10.1. The van der Waals surface area contributed by atoms with E-state index in [0.717, 1.165) is 29.8 Å². The summed E-state index contributed by atoms with van der Waals surface area (Å²) in [5.41, 5.74) is 2.94. The van der Waals surface area contributed by atoms with E-state index in [1.54, 1.807) is 18.5 Å². The van der Waals surface area contributed by atoms with Crippen molar-refractivity contribution in [2.75, 3.05) is 0 Å². The second-order valence-corrected chi connectivity index (χ2v) is 4.13. The molecule has 2 aromatic rings. The number of hydrogen-bond donors (Lipinski definition) is 1. The summed E-state index contributed by atoms with van der Waals surface area (Å²) in [7, 11) is 0. The van der Waals surface area contributed by atoms with Crippen LogP contribution >= 0.6 is 0 Å². The number of pyridine rings is 1. The number of hydrogen-bond acceptors (Lipinski definition) is 3. The fourth-order valence-corrected chi connectivity index (χ4v) is 1.87. The molecule has 2 aromatic heterocycles. The molecule has 0 aromatic carbocycles. The molecule has 0 aliphatic heterocycles. The first-order valence-corrected chi connectivity index (χ1v) is 5.84. The van der Waals surface area contributed by atoms with Crippen molar-refractivity contribution in [3.05, 3.63) is 35.9 Å². The summed E-state index contributed by atoms with van der Waals surface area (Å²) in [5, 5.41) is 13.3. The van der Waals surface area contributed by atoms with Crippen LogP contribution in [0.1, 0.15) is 29.4 Å². The zero-order valence-corrected chi connectivity index (χ0v) is 10.4. The molecule has 0 fully saturated rings. The quantitative estimate of drug-likeness (QED) is 0.897. The van der Waals surface area contributed by atoms with Gasteiger partial charge in [-0.25, -0.2) is 4.79 Å². The minimum Gasteiger partial charge on any atom is -0.478 e. The summed E-state index contributed by atoms with van der Waals surface area (Å²) in [4.78, 5) is 14.9. The fourth-order valence-electron chi connectivity index (χ4n) is 1.87. The van der Waals surface area contributed by atoms with Gasteiger partial charge in [0.15, 0.2) is 0 Å². The highest BCUT2D eigenvalue weighted by atomic mass is 16.4. The fraction of sp³-hybridized carbons (Fsp3) is 0.308. The van der Waals surface area contributed by atoms with Gasteiger partial charge in [-0.05, 0) is 19.4 Å². The van der Waals surface area contributed by atoms with Gasteiger partial charge in [-0.1, -0.05) is 6.92 Å². The van der Waals surface area contributed by atoms with Gasteiger partial charge in [-0.2, -0.15) is 5.10 Å². The Labute approximate surface area is 105 Å². The third-order valence-corrected chi connectivity index (χ3v) is 2.83. The van der Waals surface area contributed by atoms with Gasteiger partial charge in [0.1, 0.15) is 0 Å². The number of aromatic carboxylic acids is 1. The van der Waals surface area contributed by atoms with E-state index in [0.29, 0.717) is 0 Å². The minimum absolute atomic E-state index is 0.190. The molecule has 0 atom stereocenters. The van der Waals surface area contributed by atoms with Gasteiger partial charge in [0, 0.05) is 35.8 Å². The van der Waals surface area contributed by atoms with E-state index in [1.165, 1.54) is 6.20 Å². The maximum Gasteiger partial charge on any atom is 0.337 e. The van der Waals surface area contributed by atoms with Gasteiger partial charge in [0.25, 0.3) is 0 Å². The maximum absolute atomic E-state index is 10.9. The van der Waals surface area contributed by atoms with Crippen molar-refractivity contribution in [3.63, 3.8) is 0 Å². The molecule has 94 valence electrons. The van der Waals surface area contributed by atoms with E-state index < -0.39 is 5.97 Å². The lowest BCUT2D eigenvalue weighted by Gasteiger charge is -2.04. The average molecular weight is 245 g/mol. The zero-order valence-electron chi connectivity index (χ0n) is 10.4. The van der Waals surface area contributed by atoms with Crippen LogP contribution < -0.4 is 0 Å². The number of aromatic nitrogens is 3. The molecule has 2 heterocycles. The Bertz CT molecular complexity index is 575. The first-order chi connectivity index (χ1) is 8.63. The number of aryl methyl sites for hydroxylation is 1. The van der Waals surface area contributed by atoms with Crippen molar-refractivity contribution in [1.82, 2.24) is 14.8 Å². The monoisotopic (exact) mass is 245 g/mol. The first kappa shape index (κ1) is 12.3. The topological polar surface area (TPSA) is 68.0 Å². The van der Waals surface area contributed by atoms with Crippen LogP contribution in [0.4, 0.5) is 0 Å². The van der Waals surface area contributed by atoms with E-state index in [9.17, 15) is 4.79 Å². The molecule has 0 amide bonds. The van der Waals surface area contributed by atoms with Gasteiger partial charge in [0.05, 0.1) is 11.8 Å². The van der Waals surface area contributed by atoms with E-state index in [1.807, 2.05) is 11.6 Å². The average Bonchev–Trinajstić information content (AvgIpc) is 2.72. The number of nitrogens with zero attached hydrogens (tertiary/aromatic N) is 3. The maximum atomic E-state index is 10.9. The molecule has 0 aliphatic rings. The predicted octanol–water partition coefficient (Wildman–Crippen LogP) is 2.36. The van der Waals surface area contributed by atoms with Crippen LogP contribution in [-0.4, -0.2) is 25.8 Å². The van der Waals surface area contributed by atoms with E-state index in [4.69, 9.17) is 5.11 Å². The molecule has 5 nitrogen and oxygen atoms in total. The summed E-state index contributed by atoms with van der Waals surface area (Å²) in [6.07, 6.45) is 5.77. The van der Waals surface area contributed by atoms with Crippen molar-refractivity contribution < 1.29 is 9.90 Å². The van der Waals surface area contributed by atoms with Crippen LogP contribution in [0, 0.1) is 6.92 Å². The molecule has 0 unspecified atom stereocenters. The lowest BCUT2D eigenvalue weighted by molar-refractivity contribution is 0.0696. The third-order valence-electron chi connectivity index (χ3n) is 2.83. The van der Waals surface area contributed by atoms with Gasteiger partial charge in [-0.3, -0.25) is 9.67 Å². The van der Waals surface area contributed by atoms with Crippen LogP contribution in [0.5, 0.6) is 0 Å². The number of carbonyl (C=O) groups is 1. The molecule has 0 bridgehead atoms. The number of carboxylic acid groups (broad SMARTS) is 1. The standard InChI is InChI=1S/C13H15N3O2/c1-3-4-16-9(2)12(8-15-16)10-5-11(13(17)18)7-14-6-10/h5-8H,3-4H2,1-2H3,(H,17,18). The van der Waals surface area contributed by atoms with Crippen LogP contribution in [-0.2, 0) is 6.54 Å². The highest BCUT2D eigenvalue weighted by Gasteiger charge is 2.11. The number of rotatable bonds is 4. The Hall–Kier alpha value is -2.17. The van der Waals surface area contributed by atoms with Crippen molar-refractivity contribution in [2.45, 2.75) is 26.8 Å². The van der Waals surface area contributed by atoms with Gasteiger partial charge in [-0.15, -0.1) is 0 Å². The van der Waals surface area contributed by atoms with Crippen molar-refractivity contribution >= 4 is 5.97 Å². The Balaban J connectivity index is 2.42. The molecule has 0 radical (unpaired) electrons. The SMILES string of the molecule is CCCn1ncc(-c2cncc(C(=O)O)c2)c1C. The van der Waals surface area contributed by atoms with E-state index >= 15 is 0 Å². The Kier molecular flexibility index (Phi) is 3.41. The molecule has 0 aliphatic carbocycles. The van der Waals surface area contributed by atoms with Crippen LogP contribution in [0.25, 0.3) is 11.1 Å². The molecular weight excluding hydrogens is 230 g/mol. The molecule has 1 N–H and O–H groups in total. The summed E-state index contributed by atoms with van der Waals surface area (Å²) in [5.74, 6) is -0.969. The third kappa shape index (κ3) is 2.25. The van der Waals surface area contributed by atoms with Crippen LogP contribution in [0.2, 0.25) is 0 Å². The Morgan fingerprint density at radius 3 is 2.83 bits per heavy atom. The van der Waals surface area contributed by atoms with Crippen molar-refractivity contribution in [2.24, 2.45) is 0 Å². The largest absolute Gasteiger partial charge is 0.478 e. The summed E-state index contributed by atoms with van der Waals surface area (Å²) in [6.45, 7) is 4.93. The smallest absolute Gasteiger partial charge is 0.337 e. The van der Waals surface area contributed by atoms with Crippen molar-refractivity contribution in [3.8, 4) is 11.1 Å². The highest BCUT2D eigenvalue weighted by molar-refractivity contribution is 5.88.